The van der Waals surface area contributed by atoms with Crippen LogP contribution in [0.4, 0.5) is 4.79 Å². The molecule has 6 rings (SSSR count). The number of aldehydes is 1. The molecule has 0 aliphatic rings. The molecule has 0 saturated carbocycles. The second kappa shape index (κ2) is 36.2. The van der Waals surface area contributed by atoms with Gasteiger partial charge in [0.25, 0.3) is 0 Å². The van der Waals surface area contributed by atoms with Crippen LogP contribution in [0.15, 0.2) is 129 Å². The van der Waals surface area contributed by atoms with E-state index in [0.717, 1.165) is 52.3 Å². The first-order chi connectivity index (χ1) is 23.4. The fraction of sp³-hybridized carbons (Fsp3) is 0.175. The molecule has 3 radical (unpaired) electrons. The van der Waals surface area contributed by atoms with Gasteiger partial charge in [0.05, 0.1) is 5.56 Å². The van der Waals surface area contributed by atoms with E-state index in [1.54, 1.807) is 73.6 Å². The van der Waals surface area contributed by atoms with Gasteiger partial charge in [-0.3, -0.25) is 4.79 Å². The van der Waals surface area contributed by atoms with Crippen LogP contribution < -0.4 is 35.3 Å². The van der Waals surface area contributed by atoms with E-state index in [2.05, 4.69) is 34.6 Å². The maximum atomic E-state index is 10.6. The van der Waals surface area contributed by atoms with Gasteiger partial charge < -0.3 is 22.1 Å². The summed E-state index contributed by atoms with van der Waals surface area (Å²) >= 11 is 0. The molecule has 0 spiro atoms. The molecule has 0 aliphatic heterocycles. The minimum absolute atomic E-state index is 0. The second-order valence-corrected chi connectivity index (χ2v) is 9.31. The fourth-order valence-electron chi connectivity index (χ4n) is 3.85. The molecule has 0 atom stereocenters. The van der Waals surface area contributed by atoms with Crippen LogP contribution in [0.25, 0.3) is 33.4 Å². The number of aliphatic hydroxyl groups is 1. The van der Waals surface area contributed by atoms with E-state index in [4.69, 9.17) is 15.9 Å². The Morgan fingerprint density at radius 1 is 0.607 bits per heavy atom. The van der Waals surface area contributed by atoms with Crippen LogP contribution in [-0.4, -0.2) is 74.0 Å². The molecule has 3 aromatic carbocycles. The smallest absolute Gasteiger partial charge is 1.00 e. The van der Waals surface area contributed by atoms with E-state index in [1.165, 1.54) is 19.0 Å². The minimum Gasteiger partial charge on any atom is -1.00 e. The maximum Gasteiger partial charge on any atom is 1.00 e. The fourth-order valence-corrected chi connectivity index (χ4v) is 3.85. The number of primary amides is 1. The molecule has 13 nitrogen and oxygen atoms in total. The number of hydrogen-bond acceptors (Lipinski definition) is 11. The Balaban J connectivity index is -0.000000120. The number of aromatic carboxylic acids is 1. The number of aromatic nitrogens is 6. The number of aliphatic hydroxyl groups excluding tert-OH is 1. The zero-order chi connectivity index (χ0) is 34.6. The van der Waals surface area contributed by atoms with Crippen molar-refractivity contribution in [3.63, 3.8) is 0 Å². The van der Waals surface area contributed by atoms with E-state index < -0.39 is 12.1 Å². The number of amides is 1. The number of benzene rings is 3. The number of carbonyl (C=O) groups is 3. The van der Waals surface area contributed by atoms with Crippen LogP contribution in [0.1, 0.15) is 64.8 Å². The van der Waals surface area contributed by atoms with Gasteiger partial charge in [-0.2, -0.15) is 0 Å². The molecule has 0 fully saturated rings. The molecule has 16 heteroatoms. The third-order valence-electron chi connectivity index (χ3n) is 6.20. The number of ether oxygens (including phenoxy) is 1. The second-order valence-electron chi connectivity index (χ2n) is 9.31. The van der Waals surface area contributed by atoms with Crippen molar-refractivity contribution >= 4 is 26.8 Å². The Morgan fingerprint density at radius 3 is 1.20 bits per heavy atom. The number of carboxylic acid groups (broad SMARTS) is 1. The van der Waals surface area contributed by atoms with Crippen molar-refractivity contribution in [1.82, 2.24) is 29.9 Å². The topological polar surface area (TPSA) is 204 Å². The standard InChI is InChI=1S/C12H11N3O2.C11H8N2O2.C11H8N2O.CH4O.5CH4.Ar.B.Na.H/c13-12(16)17-7-9-1-3-10(4-2-9)11-5-14-8-15-6-11;14-11(15)9-3-1-8(2-4-9)10-5-12-7-13-6-10;14-7-9-1-3-10(4-2-9)11-5-12-8-13-6-11;1-2;;;;;;;;;/h1-6,8H,7H2,(H2,13,16);1-7H,(H,14,15);1-8H;2H,1H3;5*1H4;;;;/q;;;;;;;;;;;+1;-1. The van der Waals surface area contributed by atoms with E-state index in [9.17, 15) is 14.4 Å². The summed E-state index contributed by atoms with van der Waals surface area (Å²) in [5.41, 5.74) is 12.4. The predicted octanol–water partition coefficient (Wildman–Crippen LogP) is 5.06. The monoisotopic (exact) mass is 800 g/mol. The third kappa shape index (κ3) is 22.2. The number of nitrogens with zero attached hydrogens (tertiary/aromatic N) is 6. The summed E-state index contributed by atoms with van der Waals surface area (Å²) in [4.78, 5) is 55.0. The molecule has 3 aromatic heterocycles. The Morgan fingerprint density at radius 2 is 0.911 bits per heavy atom. The summed E-state index contributed by atoms with van der Waals surface area (Å²) in [7, 11) is 1.00. The van der Waals surface area contributed by atoms with Gasteiger partial charge in [-0.15, -0.1) is 0 Å². The molecule has 0 saturated heterocycles. The Bertz CT molecular complexity index is 1860. The number of rotatable bonds is 7. The zero-order valence-electron chi connectivity index (χ0n) is 28.6. The first-order valence-corrected chi connectivity index (χ1v) is 14.0. The summed E-state index contributed by atoms with van der Waals surface area (Å²) in [5.74, 6) is -0.925. The molecule has 6 aromatic rings. The summed E-state index contributed by atoms with van der Waals surface area (Å²) in [5, 5.41) is 15.7. The molecule has 3 heterocycles. The van der Waals surface area contributed by atoms with E-state index in [1.807, 2.05) is 36.4 Å². The largest absolute Gasteiger partial charge is 1.00 e. The van der Waals surface area contributed by atoms with Crippen molar-refractivity contribution in [3.8, 4) is 33.4 Å². The van der Waals surface area contributed by atoms with Gasteiger partial charge >= 0.3 is 41.6 Å². The van der Waals surface area contributed by atoms with E-state index in [0.29, 0.717) is 5.56 Å². The number of carbonyl (C=O) groups excluding carboxylic acids is 2. The molecule has 56 heavy (non-hydrogen) atoms. The third-order valence-corrected chi connectivity index (χ3v) is 6.20. The van der Waals surface area contributed by atoms with Crippen LogP contribution in [0.5, 0.6) is 0 Å². The van der Waals surface area contributed by atoms with Gasteiger partial charge in [-0.25, -0.2) is 39.5 Å². The van der Waals surface area contributed by atoms with Gasteiger partial charge in [0.15, 0.2) is 0 Å². The van der Waals surface area contributed by atoms with Gasteiger partial charge in [-0.05, 0) is 34.4 Å². The van der Waals surface area contributed by atoms with Crippen LogP contribution in [0.2, 0.25) is 0 Å². The number of carboxylic acids is 1. The van der Waals surface area contributed by atoms with E-state index in [-0.39, 0.29) is 126 Å². The van der Waals surface area contributed by atoms with Crippen LogP contribution in [-0.2, 0) is 11.3 Å². The van der Waals surface area contributed by atoms with Crippen LogP contribution in [0.3, 0.4) is 0 Å². The molecular formula is C40H52ArBN7NaO6. The molecular weight excluding hydrogens is 748 g/mol. The number of nitrogens with two attached hydrogens (primary N) is 1. The van der Waals surface area contributed by atoms with Crippen molar-refractivity contribution in [2.75, 3.05) is 7.11 Å². The Labute approximate surface area is 387 Å². The molecule has 0 bridgehead atoms. The predicted molar refractivity (Wildman–Crippen MR) is 218 cm³/mol. The maximum absolute atomic E-state index is 10.6. The molecule has 0 unspecified atom stereocenters. The quantitative estimate of drug-likeness (QED) is 0.143. The summed E-state index contributed by atoms with van der Waals surface area (Å²) in [6, 6.07) is 21.5. The average Bonchev–Trinajstić information content (AvgIpc) is 3.16. The summed E-state index contributed by atoms with van der Waals surface area (Å²) in [6.45, 7) is 0.181. The zero-order valence-corrected chi connectivity index (χ0v) is 30.3. The molecule has 295 valence electrons. The Kier molecular flexibility index (Phi) is 41.1. The van der Waals surface area contributed by atoms with Crippen LogP contribution in [0, 0.1) is 37.7 Å². The van der Waals surface area contributed by atoms with Gasteiger partial charge in [0, 0.05) is 113 Å². The minimum atomic E-state index is -0.925. The SMILES string of the molecule is C.C.C.C.C.CO.NC(=O)OCc1ccc(-c2cncnc2)cc1.O=C(O)c1ccc(-c2cncnc2)cc1.O=Cc1ccc(-c2cncnc2)cc1.[Ar].[B].[H-].[Na+]. The first kappa shape index (κ1) is 63.5. The summed E-state index contributed by atoms with van der Waals surface area (Å²) < 4.78 is 4.69. The summed E-state index contributed by atoms with van der Waals surface area (Å²) in [6.07, 6.45) is 14.8. The van der Waals surface area contributed by atoms with Crippen molar-refractivity contribution in [2.24, 2.45) is 5.73 Å². The van der Waals surface area contributed by atoms with Gasteiger partial charge in [0.1, 0.15) is 31.9 Å². The molecule has 1 amide bonds. The first-order valence-electron chi connectivity index (χ1n) is 14.0. The van der Waals surface area contributed by atoms with Crippen molar-refractivity contribution in [3.05, 3.63) is 146 Å². The van der Waals surface area contributed by atoms with Crippen molar-refractivity contribution < 1.29 is 98.1 Å². The van der Waals surface area contributed by atoms with Crippen LogP contribution >= 0.6 is 0 Å². The normalized spacial score (nSPS) is 8.18. The van der Waals surface area contributed by atoms with Gasteiger partial charge in [0.2, 0.25) is 0 Å². The van der Waals surface area contributed by atoms with Crippen molar-refractivity contribution in [1.29, 1.82) is 0 Å². The van der Waals surface area contributed by atoms with E-state index >= 15 is 0 Å². The number of hydrogen-bond donors (Lipinski definition) is 3. The molecule has 0 aliphatic carbocycles. The average molecular weight is 801 g/mol. The van der Waals surface area contributed by atoms with Crippen molar-refractivity contribution in [2.45, 2.75) is 43.7 Å². The molecule has 4 N–H and O–H groups in total. The Hall–Kier alpha value is -4.41. The van der Waals surface area contributed by atoms with Gasteiger partial charge in [-0.1, -0.05) is 97.8 Å².